The Labute approximate surface area is 146 Å². The molecular formula is C20H22FN3O. The molecule has 1 amide bonds. The van der Waals surface area contributed by atoms with Crippen LogP contribution in [-0.2, 0) is 23.2 Å². The number of hydrogen-bond donors (Lipinski definition) is 0. The number of halogens is 1. The number of fused-ring (bicyclic) bond motifs is 3. The first-order valence-corrected chi connectivity index (χ1v) is 9.28. The van der Waals surface area contributed by atoms with E-state index in [1.54, 1.807) is 17.2 Å². The Balaban J connectivity index is 1.50. The minimum atomic E-state index is -0.257. The molecular weight excluding hydrogens is 317 g/mol. The lowest BCUT2D eigenvalue weighted by Gasteiger charge is -2.29. The standard InChI is InChI=1S/C20H22FN3O/c21-16-5-3-4-15-18(16)24(13-20(15)7-1-2-8-20)19(25)14-6-10-23-11-9-22-17(23)12-14/h3-5,9,11,14H,1-2,6-8,10,12-13H2/t14-/m1/s1. The topological polar surface area (TPSA) is 38.1 Å². The van der Waals surface area contributed by atoms with Crippen molar-refractivity contribution in [1.29, 1.82) is 0 Å². The third-order valence-electron chi connectivity index (χ3n) is 6.41. The van der Waals surface area contributed by atoms with Gasteiger partial charge in [-0.1, -0.05) is 25.0 Å². The normalized spacial score (nSPS) is 23.7. The number of carbonyl (C=O) groups excluding carboxylic acids is 1. The van der Waals surface area contributed by atoms with Crippen molar-refractivity contribution in [3.63, 3.8) is 0 Å². The van der Waals surface area contributed by atoms with Gasteiger partial charge in [-0.05, 0) is 30.9 Å². The Kier molecular flexibility index (Phi) is 3.27. The number of benzene rings is 1. The fourth-order valence-electron chi connectivity index (χ4n) is 5.13. The Bertz CT molecular complexity index is 837. The van der Waals surface area contributed by atoms with E-state index in [9.17, 15) is 9.18 Å². The highest BCUT2D eigenvalue weighted by Gasteiger charge is 2.48. The predicted molar refractivity (Wildman–Crippen MR) is 92.9 cm³/mol. The zero-order valence-corrected chi connectivity index (χ0v) is 14.2. The summed E-state index contributed by atoms with van der Waals surface area (Å²) in [6, 6.07) is 5.31. The fraction of sp³-hybridized carbons (Fsp3) is 0.500. The minimum Gasteiger partial charge on any atom is -0.335 e. The van der Waals surface area contributed by atoms with Crippen LogP contribution < -0.4 is 4.90 Å². The van der Waals surface area contributed by atoms with Gasteiger partial charge in [0, 0.05) is 43.2 Å². The molecule has 1 aromatic heterocycles. The number of amides is 1. The average Bonchev–Trinajstić information content (AvgIpc) is 3.35. The molecule has 25 heavy (non-hydrogen) atoms. The van der Waals surface area contributed by atoms with Gasteiger partial charge in [-0.3, -0.25) is 4.79 Å². The first-order valence-electron chi connectivity index (χ1n) is 9.28. The number of nitrogens with zero attached hydrogens (tertiary/aromatic N) is 3. The summed E-state index contributed by atoms with van der Waals surface area (Å²) in [6.45, 7) is 1.46. The molecule has 0 saturated heterocycles. The summed E-state index contributed by atoms with van der Waals surface area (Å²) in [7, 11) is 0. The molecule has 5 rings (SSSR count). The molecule has 3 aliphatic rings. The van der Waals surface area contributed by atoms with Gasteiger partial charge in [-0.15, -0.1) is 0 Å². The highest BCUT2D eigenvalue weighted by Crippen LogP contribution is 2.51. The smallest absolute Gasteiger partial charge is 0.230 e. The molecule has 2 aliphatic heterocycles. The Morgan fingerprint density at radius 3 is 2.96 bits per heavy atom. The Morgan fingerprint density at radius 1 is 1.28 bits per heavy atom. The maximum Gasteiger partial charge on any atom is 0.230 e. The number of hydrogen-bond acceptors (Lipinski definition) is 2. The van der Waals surface area contributed by atoms with Crippen molar-refractivity contribution < 1.29 is 9.18 Å². The molecule has 4 nitrogen and oxygen atoms in total. The van der Waals surface area contributed by atoms with E-state index in [-0.39, 0.29) is 23.1 Å². The van der Waals surface area contributed by atoms with E-state index in [0.717, 1.165) is 37.2 Å². The lowest BCUT2D eigenvalue weighted by molar-refractivity contribution is -0.123. The van der Waals surface area contributed by atoms with Gasteiger partial charge < -0.3 is 9.47 Å². The summed E-state index contributed by atoms with van der Waals surface area (Å²) >= 11 is 0. The molecule has 3 heterocycles. The highest BCUT2D eigenvalue weighted by molar-refractivity contribution is 5.98. The first-order chi connectivity index (χ1) is 12.2. The van der Waals surface area contributed by atoms with Gasteiger partial charge in [-0.2, -0.15) is 0 Å². The van der Waals surface area contributed by atoms with Gasteiger partial charge in [-0.25, -0.2) is 9.37 Å². The molecule has 0 radical (unpaired) electrons. The van der Waals surface area contributed by atoms with Crippen molar-refractivity contribution in [2.75, 3.05) is 11.4 Å². The van der Waals surface area contributed by atoms with E-state index in [1.165, 1.54) is 18.9 Å². The lowest BCUT2D eigenvalue weighted by atomic mass is 9.81. The Morgan fingerprint density at radius 2 is 2.12 bits per heavy atom. The van der Waals surface area contributed by atoms with Crippen molar-refractivity contribution in [2.24, 2.45) is 5.92 Å². The van der Waals surface area contributed by atoms with Crippen molar-refractivity contribution in [2.45, 2.75) is 50.5 Å². The molecule has 1 atom stereocenters. The molecule has 1 spiro atoms. The molecule has 0 N–H and O–H groups in total. The van der Waals surface area contributed by atoms with Crippen LogP contribution in [0.25, 0.3) is 0 Å². The van der Waals surface area contributed by atoms with Crippen LogP contribution >= 0.6 is 0 Å². The second-order valence-electron chi connectivity index (χ2n) is 7.77. The Hall–Kier alpha value is -2.17. The number of rotatable bonds is 1. The molecule has 130 valence electrons. The number of imidazole rings is 1. The predicted octanol–water partition coefficient (Wildman–Crippen LogP) is 3.44. The summed E-state index contributed by atoms with van der Waals surface area (Å²) in [5, 5.41) is 0. The summed E-state index contributed by atoms with van der Waals surface area (Å²) in [5.41, 5.74) is 1.57. The van der Waals surface area contributed by atoms with Gasteiger partial charge in [0.15, 0.2) is 0 Å². The van der Waals surface area contributed by atoms with Crippen LogP contribution in [0.4, 0.5) is 10.1 Å². The van der Waals surface area contributed by atoms with Crippen LogP contribution in [0.2, 0.25) is 0 Å². The number of anilines is 1. The van der Waals surface area contributed by atoms with Gasteiger partial charge >= 0.3 is 0 Å². The van der Waals surface area contributed by atoms with E-state index >= 15 is 0 Å². The maximum atomic E-state index is 14.7. The number of carbonyl (C=O) groups is 1. The van der Waals surface area contributed by atoms with Crippen molar-refractivity contribution in [3.8, 4) is 0 Å². The van der Waals surface area contributed by atoms with Crippen LogP contribution in [0.15, 0.2) is 30.6 Å². The zero-order valence-electron chi connectivity index (χ0n) is 14.2. The van der Waals surface area contributed by atoms with Crippen molar-refractivity contribution in [1.82, 2.24) is 9.55 Å². The number of aryl methyl sites for hydroxylation is 1. The third kappa shape index (κ3) is 2.17. The summed E-state index contributed by atoms with van der Waals surface area (Å²) in [6.07, 6.45) is 9.66. The molecule has 2 aromatic rings. The second kappa shape index (κ2) is 5.41. The summed E-state index contributed by atoms with van der Waals surface area (Å²) in [5.74, 6) is 0.684. The van der Waals surface area contributed by atoms with Gasteiger partial charge in [0.05, 0.1) is 5.69 Å². The van der Waals surface area contributed by atoms with Crippen LogP contribution in [0.5, 0.6) is 0 Å². The van der Waals surface area contributed by atoms with Crippen LogP contribution in [0.1, 0.15) is 43.5 Å². The second-order valence-corrected chi connectivity index (χ2v) is 7.77. The van der Waals surface area contributed by atoms with Crippen LogP contribution in [-0.4, -0.2) is 22.0 Å². The van der Waals surface area contributed by atoms with Crippen LogP contribution in [0.3, 0.4) is 0 Å². The molecule has 1 aromatic carbocycles. The molecule has 1 aliphatic carbocycles. The lowest BCUT2D eigenvalue weighted by Crippen LogP contribution is -2.41. The minimum absolute atomic E-state index is 0.0276. The first kappa shape index (κ1) is 15.1. The zero-order chi connectivity index (χ0) is 17.0. The van der Waals surface area contributed by atoms with Gasteiger partial charge in [0.25, 0.3) is 0 Å². The van der Waals surface area contributed by atoms with Crippen molar-refractivity contribution >= 4 is 11.6 Å². The third-order valence-corrected chi connectivity index (χ3v) is 6.41. The maximum absolute atomic E-state index is 14.7. The SMILES string of the molecule is O=C([C@@H]1CCn2ccnc2C1)N1CC2(CCCC2)c2cccc(F)c21. The molecule has 0 unspecified atom stereocenters. The highest BCUT2D eigenvalue weighted by atomic mass is 19.1. The average molecular weight is 339 g/mol. The van der Waals surface area contributed by atoms with Crippen molar-refractivity contribution in [3.05, 3.63) is 47.8 Å². The van der Waals surface area contributed by atoms with E-state index < -0.39 is 0 Å². The molecule has 1 fully saturated rings. The molecule has 0 bridgehead atoms. The molecule has 5 heteroatoms. The largest absolute Gasteiger partial charge is 0.335 e. The quantitative estimate of drug-likeness (QED) is 0.798. The number of para-hydroxylation sites is 1. The summed E-state index contributed by atoms with van der Waals surface area (Å²) < 4.78 is 16.8. The van der Waals surface area contributed by atoms with Gasteiger partial charge in [0.1, 0.15) is 11.6 Å². The summed E-state index contributed by atoms with van der Waals surface area (Å²) in [4.78, 5) is 19.4. The van der Waals surface area contributed by atoms with E-state index in [1.807, 2.05) is 12.3 Å². The van der Waals surface area contributed by atoms with Crippen LogP contribution in [0, 0.1) is 11.7 Å². The molecule has 1 saturated carbocycles. The van der Waals surface area contributed by atoms with E-state index in [2.05, 4.69) is 9.55 Å². The monoisotopic (exact) mass is 339 g/mol. The fourth-order valence-corrected chi connectivity index (χ4v) is 5.13. The van der Waals surface area contributed by atoms with E-state index in [4.69, 9.17) is 0 Å². The number of aromatic nitrogens is 2. The van der Waals surface area contributed by atoms with E-state index in [0.29, 0.717) is 18.7 Å². The van der Waals surface area contributed by atoms with Gasteiger partial charge in [0.2, 0.25) is 5.91 Å².